The summed E-state index contributed by atoms with van der Waals surface area (Å²) in [4.78, 5) is 32.0. The fraction of sp³-hybridized carbons (Fsp3) is 0.167. The van der Waals surface area contributed by atoms with Gasteiger partial charge in [0.25, 0.3) is 0 Å². The van der Waals surface area contributed by atoms with Crippen molar-refractivity contribution in [2.24, 2.45) is 0 Å². The quantitative estimate of drug-likeness (QED) is 0.582. The third kappa shape index (κ3) is 3.03. The molecule has 0 fully saturated rings. The number of benzene rings is 1. The van der Waals surface area contributed by atoms with E-state index >= 15 is 0 Å². The number of fused-ring (bicyclic) bond motifs is 1. The van der Waals surface area contributed by atoms with Gasteiger partial charge in [0.1, 0.15) is 5.69 Å². The molecule has 24 heavy (non-hydrogen) atoms. The van der Waals surface area contributed by atoms with E-state index < -0.39 is 5.97 Å². The predicted molar refractivity (Wildman–Crippen MR) is 91.4 cm³/mol. The van der Waals surface area contributed by atoms with Gasteiger partial charge in [-0.05, 0) is 37.3 Å². The molecule has 5 nitrogen and oxygen atoms in total. The van der Waals surface area contributed by atoms with E-state index in [-0.39, 0.29) is 12.2 Å². The number of hydrogen-bond acceptors (Lipinski definition) is 4. The van der Waals surface area contributed by atoms with Crippen molar-refractivity contribution in [2.45, 2.75) is 13.3 Å². The van der Waals surface area contributed by atoms with E-state index in [1.807, 2.05) is 13.0 Å². The Bertz CT molecular complexity index is 947. The van der Waals surface area contributed by atoms with Crippen molar-refractivity contribution in [3.63, 3.8) is 0 Å². The van der Waals surface area contributed by atoms with Gasteiger partial charge in [-0.25, -0.2) is 4.98 Å². The zero-order valence-electron chi connectivity index (χ0n) is 13.2. The number of halogens is 1. The van der Waals surface area contributed by atoms with Crippen LogP contribution in [0.5, 0.6) is 0 Å². The summed E-state index contributed by atoms with van der Waals surface area (Å²) in [5.41, 5.74) is 2.69. The molecule has 6 heteroatoms. The molecule has 2 heterocycles. The number of aromatic nitrogens is 2. The van der Waals surface area contributed by atoms with Crippen molar-refractivity contribution in [3.05, 3.63) is 64.1 Å². The molecule has 0 spiro atoms. The Morgan fingerprint density at radius 3 is 2.75 bits per heavy atom. The lowest BCUT2D eigenvalue weighted by Gasteiger charge is -2.04. The Labute approximate surface area is 143 Å². The second kappa shape index (κ2) is 6.45. The van der Waals surface area contributed by atoms with Crippen molar-refractivity contribution in [1.82, 2.24) is 9.97 Å². The van der Waals surface area contributed by atoms with Crippen LogP contribution >= 0.6 is 11.6 Å². The normalized spacial score (nSPS) is 10.8. The number of hydrogen-bond donors (Lipinski definition) is 1. The van der Waals surface area contributed by atoms with Crippen LogP contribution in [-0.4, -0.2) is 28.8 Å². The van der Waals surface area contributed by atoms with E-state index in [1.54, 1.807) is 30.3 Å². The molecule has 0 saturated carbocycles. The summed E-state index contributed by atoms with van der Waals surface area (Å²) in [5, 5.41) is 1.25. The SMILES string of the molecule is COC(=O)Cc1c(C(=O)c2cccc(C)n2)[nH]c2ccc(Cl)cc12. The van der Waals surface area contributed by atoms with Crippen LogP contribution in [0.3, 0.4) is 0 Å². The van der Waals surface area contributed by atoms with Gasteiger partial charge in [0.15, 0.2) is 0 Å². The van der Waals surface area contributed by atoms with Crippen molar-refractivity contribution >= 4 is 34.3 Å². The molecule has 0 atom stereocenters. The summed E-state index contributed by atoms with van der Waals surface area (Å²) >= 11 is 6.06. The van der Waals surface area contributed by atoms with Crippen molar-refractivity contribution in [1.29, 1.82) is 0 Å². The van der Waals surface area contributed by atoms with E-state index in [4.69, 9.17) is 16.3 Å². The minimum Gasteiger partial charge on any atom is -0.469 e. The highest BCUT2D eigenvalue weighted by Gasteiger charge is 2.22. The molecule has 2 aromatic heterocycles. The molecule has 0 aliphatic rings. The molecule has 0 aliphatic carbocycles. The third-order valence-electron chi connectivity index (χ3n) is 3.76. The maximum absolute atomic E-state index is 12.9. The Morgan fingerprint density at radius 1 is 1.25 bits per heavy atom. The summed E-state index contributed by atoms with van der Waals surface area (Å²) in [6, 6.07) is 10.5. The molecule has 122 valence electrons. The van der Waals surface area contributed by atoms with Crippen LogP contribution in [0.25, 0.3) is 10.9 Å². The first-order valence-electron chi connectivity index (χ1n) is 7.35. The number of nitrogens with zero attached hydrogens (tertiary/aromatic N) is 1. The second-order valence-electron chi connectivity index (χ2n) is 5.41. The number of ketones is 1. The van der Waals surface area contributed by atoms with Gasteiger partial charge in [-0.2, -0.15) is 0 Å². The fourth-order valence-electron chi connectivity index (χ4n) is 2.61. The first kappa shape index (κ1) is 16.2. The van der Waals surface area contributed by atoms with Crippen LogP contribution in [0.2, 0.25) is 5.02 Å². The number of pyridine rings is 1. The number of carbonyl (C=O) groups is 2. The molecule has 0 saturated heterocycles. The van der Waals surface area contributed by atoms with Crippen LogP contribution in [0.15, 0.2) is 36.4 Å². The summed E-state index contributed by atoms with van der Waals surface area (Å²) in [5.74, 6) is -0.702. The molecular formula is C18H15ClN2O3. The largest absolute Gasteiger partial charge is 0.469 e. The highest BCUT2D eigenvalue weighted by atomic mass is 35.5. The van der Waals surface area contributed by atoms with E-state index in [2.05, 4.69) is 9.97 Å². The standard InChI is InChI=1S/C18H15ClN2O3/c1-10-4-3-5-15(20-10)18(23)17-13(9-16(22)24-2)12-8-11(19)6-7-14(12)21-17/h3-8,21H,9H2,1-2H3. The number of ether oxygens (including phenoxy) is 1. The number of methoxy groups -OCH3 is 1. The maximum Gasteiger partial charge on any atom is 0.310 e. The number of esters is 1. The fourth-order valence-corrected chi connectivity index (χ4v) is 2.78. The van der Waals surface area contributed by atoms with Crippen molar-refractivity contribution < 1.29 is 14.3 Å². The van der Waals surface area contributed by atoms with E-state index in [0.717, 1.165) is 16.6 Å². The molecule has 0 unspecified atom stereocenters. The van der Waals surface area contributed by atoms with E-state index in [1.165, 1.54) is 7.11 Å². The predicted octanol–water partition coefficient (Wildman–Crippen LogP) is 3.47. The highest BCUT2D eigenvalue weighted by Crippen LogP contribution is 2.27. The number of aromatic amines is 1. The van der Waals surface area contributed by atoms with Crippen molar-refractivity contribution in [2.75, 3.05) is 7.11 Å². The van der Waals surface area contributed by atoms with Crippen LogP contribution in [0.1, 0.15) is 27.4 Å². The molecule has 1 N–H and O–H groups in total. The van der Waals surface area contributed by atoms with Gasteiger partial charge in [0, 0.05) is 27.2 Å². The molecule has 0 bridgehead atoms. The molecule has 0 radical (unpaired) electrons. The van der Waals surface area contributed by atoms with E-state index in [9.17, 15) is 9.59 Å². The first-order valence-corrected chi connectivity index (χ1v) is 7.72. The molecular weight excluding hydrogens is 328 g/mol. The van der Waals surface area contributed by atoms with Crippen molar-refractivity contribution in [3.8, 4) is 0 Å². The van der Waals surface area contributed by atoms with Gasteiger partial charge in [-0.1, -0.05) is 17.7 Å². The van der Waals surface area contributed by atoms with Gasteiger partial charge in [0.05, 0.1) is 19.2 Å². The zero-order valence-corrected chi connectivity index (χ0v) is 14.0. The lowest BCUT2D eigenvalue weighted by atomic mass is 10.0. The molecule has 0 aliphatic heterocycles. The molecule has 1 aromatic carbocycles. The van der Waals surface area contributed by atoms with Gasteiger partial charge < -0.3 is 9.72 Å². The van der Waals surface area contributed by atoms with Crippen LogP contribution in [0.4, 0.5) is 0 Å². The Balaban J connectivity index is 2.17. The lowest BCUT2D eigenvalue weighted by molar-refractivity contribution is -0.139. The number of carbonyl (C=O) groups excluding carboxylic acids is 2. The average molecular weight is 343 g/mol. The zero-order chi connectivity index (χ0) is 17.3. The number of H-pyrrole nitrogens is 1. The number of aryl methyl sites for hydroxylation is 1. The molecule has 3 aromatic rings. The Hall–Kier alpha value is -2.66. The van der Waals surface area contributed by atoms with Crippen LogP contribution in [0, 0.1) is 6.92 Å². The molecule has 0 amide bonds. The minimum atomic E-state index is -0.429. The third-order valence-corrected chi connectivity index (χ3v) is 4.00. The van der Waals surface area contributed by atoms with Gasteiger partial charge in [0.2, 0.25) is 5.78 Å². The Morgan fingerprint density at radius 2 is 2.04 bits per heavy atom. The second-order valence-corrected chi connectivity index (χ2v) is 5.85. The topological polar surface area (TPSA) is 72.1 Å². The lowest BCUT2D eigenvalue weighted by Crippen LogP contribution is -2.11. The van der Waals surface area contributed by atoms with Gasteiger partial charge in [-0.15, -0.1) is 0 Å². The monoisotopic (exact) mass is 342 g/mol. The summed E-state index contributed by atoms with van der Waals surface area (Å²) < 4.78 is 4.75. The number of rotatable bonds is 4. The summed E-state index contributed by atoms with van der Waals surface area (Å²) in [7, 11) is 1.31. The van der Waals surface area contributed by atoms with Gasteiger partial charge in [-0.3, -0.25) is 9.59 Å². The van der Waals surface area contributed by atoms with Crippen LogP contribution < -0.4 is 0 Å². The minimum absolute atomic E-state index is 0.0241. The Kier molecular flexibility index (Phi) is 4.36. The highest BCUT2D eigenvalue weighted by molar-refractivity contribution is 6.31. The number of nitrogens with one attached hydrogen (secondary N) is 1. The molecule has 3 rings (SSSR count). The van der Waals surface area contributed by atoms with E-state index in [0.29, 0.717) is 22.0 Å². The smallest absolute Gasteiger partial charge is 0.310 e. The maximum atomic E-state index is 12.9. The first-order chi connectivity index (χ1) is 11.5. The summed E-state index contributed by atoms with van der Waals surface area (Å²) in [6.45, 7) is 1.82. The van der Waals surface area contributed by atoms with Crippen LogP contribution in [-0.2, 0) is 16.0 Å². The van der Waals surface area contributed by atoms with Gasteiger partial charge >= 0.3 is 5.97 Å². The average Bonchev–Trinajstić information content (AvgIpc) is 2.92. The summed E-state index contributed by atoms with van der Waals surface area (Å²) in [6.07, 6.45) is -0.0241.